The molecule has 4 fully saturated rings. The molecule has 0 bridgehead atoms. The van der Waals surface area contributed by atoms with E-state index in [0.29, 0.717) is 13.0 Å². The van der Waals surface area contributed by atoms with E-state index in [-0.39, 0.29) is 67.7 Å². The second-order valence-electron chi connectivity index (χ2n) is 26.0. The number of methoxy groups -OCH3 is 2. The summed E-state index contributed by atoms with van der Waals surface area (Å²) in [4.78, 5) is 68.0. The van der Waals surface area contributed by atoms with E-state index < -0.39 is 160 Å². The van der Waals surface area contributed by atoms with Gasteiger partial charge in [-0.1, -0.05) is 71.8 Å². The first kappa shape index (κ1) is 73.8. The molecule has 1 aromatic rings. The largest absolute Gasteiger partial charge is 0.461 e. The van der Waals surface area contributed by atoms with E-state index in [9.17, 15) is 28.2 Å². The van der Waals surface area contributed by atoms with E-state index in [0.717, 1.165) is 0 Å². The predicted octanol–water partition coefficient (Wildman–Crippen LogP) is 6.15. The van der Waals surface area contributed by atoms with Crippen molar-refractivity contribution in [3.63, 3.8) is 0 Å². The Morgan fingerprint density at radius 1 is 0.851 bits per heavy atom. The van der Waals surface area contributed by atoms with Crippen molar-refractivity contribution in [3.8, 4) is 0 Å². The Balaban J connectivity index is 1.71. The third-order valence-electron chi connectivity index (χ3n) is 17.2. The fourth-order valence-electron chi connectivity index (χ4n) is 12.3. The number of likely N-dealkylation sites (N-methyl/N-ethyl adjacent to an activating group) is 1. The number of carbonyl (C=O) groups excluding carboxylic acids is 4. The lowest BCUT2D eigenvalue weighted by atomic mass is 9.74. The molecule has 4 N–H and O–H groups in total. The molecular formula is C62H104N4O20S. The summed E-state index contributed by atoms with van der Waals surface area (Å²) in [5, 5.41) is 29.9. The maximum atomic E-state index is 16.1. The molecular weight excluding hydrogens is 1150 g/mol. The van der Waals surface area contributed by atoms with Gasteiger partial charge in [-0.05, 0) is 99.8 Å². The summed E-state index contributed by atoms with van der Waals surface area (Å²) in [5.41, 5.74) is -3.17. The van der Waals surface area contributed by atoms with E-state index in [4.69, 9.17) is 56.9 Å². The highest BCUT2D eigenvalue weighted by Gasteiger charge is 2.53. The molecule has 1 aromatic carbocycles. The summed E-state index contributed by atoms with van der Waals surface area (Å²) in [5.74, 6) is -8.09. The van der Waals surface area contributed by atoms with Crippen molar-refractivity contribution in [1.82, 2.24) is 14.9 Å². The molecule has 498 valence electrons. The molecule has 4 aliphatic rings. The Hall–Kier alpha value is -3.96. The summed E-state index contributed by atoms with van der Waals surface area (Å²) < 4.78 is 100.0. The number of hydrogen-bond donors (Lipinski definition) is 4. The third kappa shape index (κ3) is 19.8. The van der Waals surface area contributed by atoms with Crippen molar-refractivity contribution in [2.75, 3.05) is 47.6 Å². The van der Waals surface area contributed by atoms with Gasteiger partial charge in [-0.2, -0.15) is 0 Å². The molecule has 0 radical (unpaired) electrons. The standard InChI is InChI=1S/C62H104N4O20S/c1-20-78-65-45-28-37(7)80-58(49(45)69)85-50-34(4)29-62(16,86-60(72)64-61(14,15)32-63-87(73,74)44-24-22-21-23-25-44)56(70)41(11)52(82-46(67)26-33(2)3)40(10)51(35(5)31-77-59-55(76-19)54(75-18)48(68)43(13)81-59)84-57(71)42(12)53(39(50)9)83-47-27-36(6)66(17)30-38(8)79-47/h21-25,33-43,47-55,58-59,63,68-69H,20,26-32H2,1-19H3,(H,64,72)/t34?,35?,36-,37-,38+,39?,40?,41?,42?,43-,47+,48-,49-,50?,51?,52?,53?,54-,55-,58+,59-,62?/m1/s1. The van der Waals surface area contributed by atoms with Gasteiger partial charge in [0.1, 0.15) is 43.2 Å². The van der Waals surface area contributed by atoms with Gasteiger partial charge in [0.2, 0.25) is 10.0 Å². The molecule has 4 saturated heterocycles. The second kappa shape index (κ2) is 32.4. The molecule has 25 heteroatoms. The van der Waals surface area contributed by atoms with Crippen LogP contribution >= 0.6 is 0 Å². The first-order chi connectivity index (χ1) is 40.7. The topological polar surface area (TPSA) is 293 Å². The van der Waals surface area contributed by atoms with Crippen molar-refractivity contribution in [2.24, 2.45) is 46.6 Å². The van der Waals surface area contributed by atoms with Gasteiger partial charge in [-0.15, -0.1) is 0 Å². The van der Waals surface area contributed by atoms with Crippen LogP contribution in [0.4, 0.5) is 4.79 Å². The van der Waals surface area contributed by atoms with E-state index >= 15 is 9.59 Å². The van der Waals surface area contributed by atoms with Gasteiger partial charge >= 0.3 is 18.0 Å². The van der Waals surface area contributed by atoms with Gasteiger partial charge in [0.25, 0.3) is 0 Å². The smallest absolute Gasteiger partial charge is 0.408 e. The van der Waals surface area contributed by atoms with Gasteiger partial charge < -0.3 is 77.4 Å². The van der Waals surface area contributed by atoms with Crippen LogP contribution in [0.15, 0.2) is 40.4 Å². The second-order valence-corrected chi connectivity index (χ2v) is 27.8. The number of aliphatic hydroxyl groups is 2. The number of oxime groups is 1. The number of hydrogen-bond acceptors (Lipinski definition) is 22. The normalized spacial score (nSPS) is 37.3. The quantitative estimate of drug-likeness (QED) is 0.0609. The van der Waals surface area contributed by atoms with Crippen molar-refractivity contribution in [3.05, 3.63) is 30.3 Å². The average Bonchev–Trinajstić information content (AvgIpc) is 1.34. The molecule has 0 saturated carbocycles. The van der Waals surface area contributed by atoms with Gasteiger partial charge in [0.15, 0.2) is 30.3 Å². The highest BCUT2D eigenvalue weighted by atomic mass is 32.2. The number of nitrogens with one attached hydrogen (secondary N) is 2. The maximum absolute atomic E-state index is 16.1. The van der Waals surface area contributed by atoms with Gasteiger partial charge in [0.05, 0.1) is 65.1 Å². The molecule has 0 aromatic heterocycles. The lowest BCUT2D eigenvalue weighted by Crippen LogP contribution is -2.59. The SMILES string of the molecule is CCON=C1C[C@@H](C)O[C@@H](OC2C(C)CC(C)(OC(=O)NC(C)(C)CNS(=O)(=O)c3ccccc3)C(=O)C(C)C(OC(=O)CC(C)C)C(C)C(C(C)CO[C@@H]3O[C@H](C)[C@@H](O)[C@@H](OC)[C@H]3OC)OC(=O)C(C)C(O[C@H]3C[C@@H](C)N(C)C[C@H](C)O3)C2C)[C@@H]1O. The molecule has 4 heterocycles. The molecule has 5 rings (SSSR count). The number of rotatable bonds is 21. The van der Waals surface area contributed by atoms with E-state index in [1.807, 2.05) is 34.7 Å². The van der Waals surface area contributed by atoms with Crippen LogP contribution in [0.5, 0.6) is 0 Å². The van der Waals surface area contributed by atoms with Crippen molar-refractivity contribution in [2.45, 2.75) is 245 Å². The van der Waals surface area contributed by atoms with Crippen LogP contribution in [0.2, 0.25) is 0 Å². The number of carbonyl (C=O) groups is 4. The maximum Gasteiger partial charge on any atom is 0.408 e. The Kier molecular flexibility index (Phi) is 27.4. The van der Waals surface area contributed by atoms with Crippen molar-refractivity contribution in [1.29, 1.82) is 0 Å². The minimum absolute atomic E-state index is 0.0134. The monoisotopic (exact) mass is 1260 g/mol. The minimum Gasteiger partial charge on any atom is -0.461 e. The Bertz CT molecular complexity index is 2510. The lowest BCUT2D eigenvalue weighted by Gasteiger charge is -2.45. The zero-order valence-electron chi connectivity index (χ0n) is 54.8. The summed E-state index contributed by atoms with van der Waals surface area (Å²) >= 11 is 0. The summed E-state index contributed by atoms with van der Waals surface area (Å²) in [6.45, 7) is 28.2. The fourth-order valence-corrected chi connectivity index (χ4v) is 13.5. The third-order valence-corrected chi connectivity index (χ3v) is 18.6. The molecule has 4 aliphatic heterocycles. The van der Waals surface area contributed by atoms with Gasteiger partial charge in [0, 0.05) is 70.4 Å². The molecule has 1 amide bonds. The number of sulfonamides is 1. The van der Waals surface area contributed by atoms with Crippen LogP contribution in [0.3, 0.4) is 0 Å². The molecule has 11 unspecified atom stereocenters. The lowest BCUT2D eigenvalue weighted by molar-refractivity contribution is -0.305. The summed E-state index contributed by atoms with van der Waals surface area (Å²) in [6, 6.07) is 7.71. The Labute approximate surface area is 516 Å². The molecule has 0 aliphatic carbocycles. The van der Waals surface area contributed by atoms with Crippen molar-refractivity contribution < 1.29 is 94.8 Å². The molecule has 87 heavy (non-hydrogen) atoms. The number of ether oxygens (including phenoxy) is 11. The van der Waals surface area contributed by atoms with E-state index in [2.05, 4.69) is 27.0 Å². The van der Waals surface area contributed by atoms with Crippen LogP contribution in [-0.2, 0) is 81.3 Å². The van der Waals surface area contributed by atoms with Gasteiger partial charge in [-0.3, -0.25) is 14.4 Å². The highest BCUT2D eigenvalue weighted by molar-refractivity contribution is 7.89. The number of Topliss-reactive ketones (excluding diaryl/α,β-unsaturated/α-hetero) is 1. The molecule has 24 nitrogen and oxygen atoms in total. The van der Waals surface area contributed by atoms with E-state index in [1.54, 1.807) is 87.4 Å². The minimum atomic E-state index is -4.03. The zero-order chi connectivity index (χ0) is 65.0. The van der Waals surface area contributed by atoms with Crippen LogP contribution < -0.4 is 10.0 Å². The first-order valence-electron chi connectivity index (χ1n) is 30.9. The van der Waals surface area contributed by atoms with Gasteiger partial charge in [-0.25, -0.2) is 17.9 Å². The van der Waals surface area contributed by atoms with Crippen LogP contribution in [0.1, 0.15) is 136 Å². The highest BCUT2D eigenvalue weighted by Crippen LogP contribution is 2.41. The Morgan fingerprint density at radius 2 is 1.51 bits per heavy atom. The fraction of sp³-hybridized carbons (Fsp3) is 0.823. The van der Waals surface area contributed by atoms with Crippen molar-refractivity contribution >= 4 is 39.6 Å². The number of alkyl carbamates (subject to hydrolysis) is 1. The number of ketones is 1. The molecule has 22 atom stereocenters. The van der Waals surface area contributed by atoms with Crippen LogP contribution in [0, 0.1) is 41.4 Å². The number of esters is 2. The molecule has 0 spiro atoms. The summed E-state index contributed by atoms with van der Waals surface area (Å²) in [7, 11) is 0.843. The van der Waals surface area contributed by atoms with Crippen LogP contribution in [-0.4, -0.2) is 204 Å². The number of amides is 1. The zero-order valence-corrected chi connectivity index (χ0v) is 55.6. The Morgan fingerprint density at radius 3 is 2.13 bits per heavy atom. The van der Waals surface area contributed by atoms with Crippen LogP contribution in [0.25, 0.3) is 0 Å². The van der Waals surface area contributed by atoms with E-state index in [1.165, 1.54) is 33.3 Å². The number of aliphatic hydroxyl groups excluding tert-OH is 2. The number of cyclic esters (lactones) is 1. The summed E-state index contributed by atoms with van der Waals surface area (Å²) in [6.07, 6.45) is -14.7. The first-order valence-corrected chi connectivity index (χ1v) is 32.4. The number of benzene rings is 1. The predicted molar refractivity (Wildman–Crippen MR) is 320 cm³/mol. The average molecular weight is 1260 g/mol. The number of nitrogens with zero attached hydrogens (tertiary/aromatic N) is 2.